The van der Waals surface area contributed by atoms with E-state index in [0.717, 1.165) is 13.0 Å². The van der Waals surface area contributed by atoms with Crippen molar-refractivity contribution >= 4 is 0 Å². The normalized spacial score (nSPS) is 14.8. The molecular formula is C14H24N2. The Hall–Kier alpha value is -0.860. The Bertz CT molecular complexity index is 334. The Balaban J connectivity index is 2.82. The molecule has 0 saturated heterocycles. The minimum Gasteiger partial charge on any atom is -0.330 e. The lowest BCUT2D eigenvalue weighted by Crippen LogP contribution is -2.22. The van der Waals surface area contributed by atoms with E-state index in [9.17, 15) is 0 Å². The maximum absolute atomic E-state index is 5.68. The van der Waals surface area contributed by atoms with Gasteiger partial charge in [0.25, 0.3) is 0 Å². The lowest BCUT2D eigenvalue weighted by molar-refractivity contribution is 0.438. The highest BCUT2D eigenvalue weighted by atomic mass is 14.9. The number of hydrogen-bond donors (Lipinski definition) is 2. The molecule has 16 heavy (non-hydrogen) atoms. The highest BCUT2D eigenvalue weighted by Crippen LogP contribution is 2.22. The van der Waals surface area contributed by atoms with Crippen LogP contribution in [-0.4, -0.2) is 13.6 Å². The average molecular weight is 220 g/mol. The lowest BCUT2D eigenvalue weighted by Gasteiger charge is -2.21. The van der Waals surface area contributed by atoms with Crippen molar-refractivity contribution in [2.45, 2.75) is 33.2 Å². The Morgan fingerprint density at radius 2 is 1.94 bits per heavy atom. The molecule has 2 heteroatoms. The fourth-order valence-electron chi connectivity index (χ4n) is 1.90. The summed E-state index contributed by atoms with van der Waals surface area (Å²) in [5.74, 6) is 0.555. The van der Waals surface area contributed by atoms with E-state index in [0.29, 0.717) is 12.0 Å². The van der Waals surface area contributed by atoms with Crippen molar-refractivity contribution in [1.29, 1.82) is 0 Å². The Morgan fingerprint density at radius 3 is 2.44 bits per heavy atom. The molecule has 0 aliphatic heterocycles. The fraction of sp³-hybridized carbons (Fsp3) is 0.571. The second-order valence-corrected chi connectivity index (χ2v) is 4.76. The SMILES string of the molecule is CNC(CC(C)CN)c1ccc(C)c(C)c1. The van der Waals surface area contributed by atoms with Gasteiger partial charge in [-0.25, -0.2) is 0 Å². The maximum atomic E-state index is 5.68. The summed E-state index contributed by atoms with van der Waals surface area (Å²) >= 11 is 0. The predicted octanol–water partition coefficient (Wildman–Crippen LogP) is 2.55. The van der Waals surface area contributed by atoms with Crippen molar-refractivity contribution in [3.63, 3.8) is 0 Å². The molecular weight excluding hydrogens is 196 g/mol. The molecule has 0 radical (unpaired) electrons. The van der Waals surface area contributed by atoms with Gasteiger partial charge in [-0.1, -0.05) is 25.1 Å². The molecule has 2 nitrogen and oxygen atoms in total. The van der Waals surface area contributed by atoms with Crippen LogP contribution in [0.15, 0.2) is 18.2 Å². The number of aryl methyl sites for hydroxylation is 2. The molecule has 90 valence electrons. The van der Waals surface area contributed by atoms with Crippen molar-refractivity contribution in [3.05, 3.63) is 34.9 Å². The topological polar surface area (TPSA) is 38.0 Å². The molecule has 0 aliphatic rings. The second kappa shape index (κ2) is 6.02. The Labute approximate surface area is 99.2 Å². The van der Waals surface area contributed by atoms with Gasteiger partial charge >= 0.3 is 0 Å². The first kappa shape index (κ1) is 13.2. The van der Waals surface area contributed by atoms with Crippen LogP contribution in [0.1, 0.15) is 36.1 Å². The van der Waals surface area contributed by atoms with Crippen LogP contribution in [0.2, 0.25) is 0 Å². The van der Waals surface area contributed by atoms with Crippen LogP contribution in [-0.2, 0) is 0 Å². The minimum absolute atomic E-state index is 0.415. The number of rotatable bonds is 5. The first-order chi connectivity index (χ1) is 7.58. The molecule has 0 amide bonds. The fourth-order valence-corrected chi connectivity index (χ4v) is 1.90. The summed E-state index contributed by atoms with van der Waals surface area (Å²) in [5, 5.41) is 3.37. The van der Waals surface area contributed by atoms with Crippen molar-refractivity contribution < 1.29 is 0 Å². The summed E-state index contributed by atoms with van der Waals surface area (Å²) < 4.78 is 0. The van der Waals surface area contributed by atoms with Crippen LogP contribution in [0.5, 0.6) is 0 Å². The van der Waals surface area contributed by atoms with Crippen LogP contribution < -0.4 is 11.1 Å². The molecule has 0 aliphatic carbocycles. The summed E-state index contributed by atoms with van der Waals surface area (Å²) in [5.41, 5.74) is 9.76. The Kier molecular flexibility index (Phi) is 4.97. The third kappa shape index (κ3) is 3.32. The highest BCUT2D eigenvalue weighted by molar-refractivity contribution is 5.31. The standard InChI is InChI=1S/C14H24N2/c1-10(9-15)7-14(16-4)13-6-5-11(2)12(3)8-13/h5-6,8,10,14,16H,7,9,15H2,1-4H3. The van der Waals surface area contributed by atoms with Gasteiger partial charge in [-0.05, 0) is 56.5 Å². The van der Waals surface area contributed by atoms with Gasteiger partial charge < -0.3 is 11.1 Å². The van der Waals surface area contributed by atoms with Gasteiger partial charge in [0.15, 0.2) is 0 Å². The zero-order valence-electron chi connectivity index (χ0n) is 10.9. The Morgan fingerprint density at radius 1 is 1.25 bits per heavy atom. The van der Waals surface area contributed by atoms with Gasteiger partial charge in [0.05, 0.1) is 0 Å². The van der Waals surface area contributed by atoms with Crippen LogP contribution in [0.25, 0.3) is 0 Å². The van der Waals surface area contributed by atoms with E-state index < -0.39 is 0 Å². The first-order valence-electron chi connectivity index (χ1n) is 6.03. The number of benzene rings is 1. The molecule has 0 saturated carbocycles. The van der Waals surface area contributed by atoms with Gasteiger partial charge in [0, 0.05) is 6.04 Å². The quantitative estimate of drug-likeness (QED) is 0.800. The van der Waals surface area contributed by atoms with Gasteiger partial charge in [0.1, 0.15) is 0 Å². The summed E-state index contributed by atoms with van der Waals surface area (Å²) in [7, 11) is 2.02. The van der Waals surface area contributed by atoms with Crippen molar-refractivity contribution in [2.75, 3.05) is 13.6 Å². The number of nitrogens with one attached hydrogen (secondary N) is 1. The van der Waals surface area contributed by atoms with E-state index in [1.54, 1.807) is 0 Å². The third-order valence-corrected chi connectivity index (χ3v) is 3.32. The predicted molar refractivity (Wildman–Crippen MR) is 70.6 cm³/mol. The zero-order chi connectivity index (χ0) is 12.1. The molecule has 0 heterocycles. The van der Waals surface area contributed by atoms with E-state index in [1.165, 1.54) is 16.7 Å². The van der Waals surface area contributed by atoms with E-state index in [4.69, 9.17) is 5.73 Å². The molecule has 0 aromatic heterocycles. The van der Waals surface area contributed by atoms with Crippen molar-refractivity contribution in [1.82, 2.24) is 5.32 Å². The van der Waals surface area contributed by atoms with Gasteiger partial charge in [0.2, 0.25) is 0 Å². The van der Waals surface area contributed by atoms with Crippen molar-refractivity contribution in [3.8, 4) is 0 Å². The molecule has 2 unspecified atom stereocenters. The maximum Gasteiger partial charge on any atom is 0.0320 e. The van der Waals surface area contributed by atoms with Crippen LogP contribution in [0.4, 0.5) is 0 Å². The number of nitrogens with two attached hydrogens (primary N) is 1. The lowest BCUT2D eigenvalue weighted by atomic mass is 9.94. The molecule has 1 rings (SSSR count). The first-order valence-corrected chi connectivity index (χ1v) is 6.03. The molecule has 3 N–H and O–H groups in total. The minimum atomic E-state index is 0.415. The summed E-state index contributed by atoms with van der Waals surface area (Å²) in [4.78, 5) is 0. The molecule has 0 fully saturated rings. The largest absolute Gasteiger partial charge is 0.330 e. The molecule has 2 atom stereocenters. The highest BCUT2D eigenvalue weighted by Gasteiger charge is 2.13. The second-order valence-electron chi connectivity index (χ2n) is 4.76. The molecule has 0 spiro atoms. The van der Waals surface area contributed by atoms with Crippen LogP contribution >= 0.6 is 0 Å². The van der Waals surface area contributed by atoms with E-state index in [2.05, 4.69) is 44.3 Å². The smallest absolute Gasteiger partial charge is 0.0320 e. The van der Waals surface area contributed by atoms with Gasteiger partial charge in [-0.2, -0.15) is 0 Å². The van der Waals surface area contributed by atoms with Gasteiger partial charge in [-0.3, -0.25) is 0 Å². The van der Waals surface area contributed by atoms with Crippen LogP contribution in [0.3, 0.4) is 0 Å². The number of hydrogen-bond acceptors (Lipinski definition) is 2. The van der Waals surface area contributed by atoms with E-state index >= 15 is 0 Å². The van der Waals surface area contributed by atoms with Gasteiger partial charge in [-0.15, -0.1) is 0 Å². The summed E-state index contributed by atoms with van der Waals surface area (Å²) in [6.07, 6.45) is 1.09. The summed E-state index contributed by atoms with van der Waals surface area (Å²) in [6.45, 7) is 7.27. The molecule has 1 aromatic rings. The average Bonchev–Trinajstić information content (AvgIpc) is 2.29. The van der Waals surface area contributed by atoms with Crippen LogP contribution in [0, 0.1) is 19.8 Å². The van der Waals surface area contributed by atoms with Crippen molar-refractivity contribution in [2.24, 2.45) is 11.7 Å². The molecule has 1 aromatic carbocycles. The summed E-state index contributed by atoms with van der Waals surface area (Å²) in [6, 6.07) is 7.10. The monoisotopic (exact) mass is 220 g/mol. The zero-order valence-corrected chi connectivity index (χ0v) is 10.9. The molecule has 0 bridgehead atoms. The third-order valence-electron chi connectivity index (χ3n) is 3.32. The van der Waals surface area contributed by atoms with E-state index in [1.807, 2.05) is 7.05 Å². The van der Waals surface area contributed by atoms with E-state index in [-0.39, 0.29) is 0 Å².